The molecule has 102 valence electrons. The van der Waals surface area contributed by atoms with Gasteiger partial charge in [-0.3, -0.25) is 0 Å². The zero-order valence-corrected chi connectivity index (χ0v) is 13.0. The molecule has 3 heteroatoms. The molecule has 0 radical (unpaired) electrons. The van der Waals surface area contributed by atoms with E-state index < -0.39 is 0 Å². The fraction of sp³-hybridized carbons (Fsp3) is 0.600. The Kier molecular flexibility index (Phi) is 6.30. The van der Waals surface area contributed by atoms with Crippen LogP contribution in [0.1, 0.15) is 32.3 Å². The molecular formula is C15H22BrFO. The Bertz CT molecular complexity index is 365. The number of benzene rings is 1. The van der Waals surface area contributed by atoms with E-state index >= 15 is 0 Å². The zero-order chi connectivity index (χ0) is 13.6. The van der Waals surface area contributed by atoms with Crippen molar-refractivity contribution >= 4 is 15.9 Å². The first-order valence-electron chi connectivity index (χ1n) is 6.32. The normalized spacial score (nSPS) is 13.6. The van der Waals surface area contributed by atoms with Gasteiger partial charge in [-0.05, 0) is 56.7 Å². The molecule has 0 N–H and O–H groups in total. The molecule has 0 bridgehead atoms. The summed E-state index contributed by atoms with van der Waals surface area (Å²) in [7, 11) is 1.75. The van der Waals surface area contributed by atoms with Crippen LogP contribution in [0.25, 0.3) is 0 Å². The van der Waals surface area contributed by atoms with Crippen LogP contribution < -0.4 is 0 Å². The molecule has 18 heavy (non-hydrogen) atoms. The van der Waals surface area contributed by atoms with Crippen LogP contribution in [0.3, 0.4) is 0 Å². The molecule has 1 aromatic rings. The van der Waals surface area contributed by atoms with E-state index in [4.69, 9.17) is 4.74 Å². The second-order valence-electron chi connectivity index (χ2n) is 5.36. The second-order valence-corrected chi connectivity index (χ2v) is 6.00. The van der Waals surface area contributed by atoms with Crippen LogP contribution in [0.4, 0.5) is 4.39 Å². The van der Waals surface area contributed by atoms with E-state index in [0.717, 1.165) is 30.2 Å². The smallest absolute Gasteiger partial charge is 0.123 e. The summed E-state index contributed by atoms with van der Waals surface area (Å²) in [5.74, 6) is 0.360. The van der Waals surface area contributed by atoms with Crippen LogP contribution in [-0.4, -0.2) is 18.0 Å². The number of hydrogen-bond acceptors (Lipinski definition) is 1. The third kappa shape index (κ3) is 5.49. The van der Waals surface area contributed by atoms with Crippen LogP contribution in [-0.2, 0) is 11.2 Å². The van der Waals surface area contributed by atoms with E-state index in [0.29, 0.717) is 5.92 Å². The van der Waals surface area contributed by atoms with E-state index in [2.05, 4.69) is 29.8 Å². The Balaban J connectivity index is 2.52. The number of hydrogen-bond donors (Lipinski definition) is 0. The maximum absolute atomic E-state index is 13.1. The molecule has 0 aliphatic rings. The lowest BCUT2D eigenvalue weighted by atomic mass is 9.91. The summed E-state index contributed by atoms with van der Waals surface area (Å²) in [6, 6.07) is 6.87. The van der Waals surface area contributed by atoms with Gasteiger partial charge in [-0.25, -0.2) is 4.39 Å². The number of ether oxygens (including phenoxy) is 1. The number of rotatable bonds is 7. The quantitative estimate of drug-likeness (QED) is 0.669. The molecule has 1 unspecified atom stereocenters. The lowest BCUT2D eigenvalue weighted by Crippen LogP contribution is -2.24. The Morgan fingerprint density at radius 1 is 1.39 bits per heavy atom. The molecule has 1 rings (SSSR count). The minimum absolute atomic E-state index is 0.0810. The van der Waals surface area contributed by atoms with Crippen molar-refractivity contribution in [2.45, 2.75) is 38.7 Å². The van der Waals surface area contributed by atoms with Gasteiger partial charge in [-0.15, -0.1) is 0 Å². The third-order valence-corrected chi connectivity index (χ3v) is 4.25. The predicted molar refractivity (Wildman–Crippen MR) is 77.7 cm³/mol. The lowest BCUT2D eigenvalue weighted by molar-refractivity contribution is 0.0110. The maximum Gasteiger partial charge on any atom is 0.123 e. The molecule has 0 aromatic heterocycles. The van der Waals surface area contributed by atoms with Gasteiger partial charge in [0.15, 0.2) is 0 Å². The van der Waals surface area contributed by atoms with Gasteiger partial charge < -0.3 is 4.74 Å². The summed E-state index contributed by atoms with van der Waals surface area (Å²) in [6.45, 7) is 4.20. The SMILES string of the molecule is COC(C)(C)CCC(CBr)Cc1cccc(F)c1. The fourth-order valence-electron chi connectivity index (χ4n) is 1.88. The average molecular weight is 317 g/mol. The first kappa shape index (κ1) is 15.6. The van der Waals surface area contributed by atoms with Crippen molar-refractivity contribution in [3.63, 3.8) is 0 Å². The molecule has 1 atom stereocenters. The molecule has 1 nitrogen and oxygen atoms in total. The Hall–Kier alpha value is -0.410. The molecule has 0 amide bonds. The zero-order valence-electron chi connectivity index (χ0n) is 11.4. The number of methoxy groups -OCH3 is 1. The van der Waals surface area contributed by atoms with Crippen molar-refractivity contribution in [2.24, 2.45) is 5.92 Å². The highest BCUT2D eigenvalue weighted by Crippen LogP contribution is 2.23. The highest BCUT2D eigenvalue weighted by molar-refractivity contribution is 9.09. The van der Waals surface area contributed by atoms with Gasteiger partial charge >= 0.3 is 0 Å². The van der Waals surface area contributed by atoms with Crippen molar-refractivity contribution in [1.82, 2.24) is 0 Å². The highest BCUT2D eigenvalue weighted by Gasteiger charge is 2.19. The van der Waals surface area contributed by atoms with E-state index in [1.165, 1.54) is 6.07 Å². The largest absolute Gasteiger partial charge is 0.379 e. The topological polar surface area (TPSA) is 9.23 Å². The van der Waals surface area contributed by atoms with Gasteiger partial charge in [0.05, 0.1) is 5.60 Å². The Morgan fingerprint density at radius 2 is 2.11 bits per heavy atom. The molecule has 0 aliphatic heterocycles. The number of alkyl halides is 1. The molecule has 0 spiro atoms. The third-order valence-electron chi connectivity index (χ3n) is 3.34. The minimum atomic E-state index is -0.155. The molecule has 0 saturated carbocycles. The first-order chi connectivity index (χ1) is 8.46. The maximum atomic E-state index is 13.1. The van der Waals surface area contributed by atoms with E-state index in [1.54, 1.807) is 19.2 Å². The molecule has 0 heterocycles. The van der Waals surface area contributed by atoms with Crippen molar-refractivity contribution in [2.75, 3.05) is 12.4 Å². The van der Waals surface area contributed by atoms with Crippen molar-refractivity contribution in [3.05, 3.63) is 35.6 Å². The average Bonchev–Trinajstić information content (AvgIpc) is 2.34. The summed E-state index contributed by atoms with van der Waals surface area (Å²) in [6.07, 6.45) is 2.99. The number of halogens is 2. The molecule has 1 aromatic carbocycles. The van der Waals surface area contributed by atoms with Crippen LogP contribution in [0.15, 0.2) is 24.3 Å². The van der Waals surface area contributed by atoms with Gasteiger partial charge in [0.1, 0.15) is 5.82 Å². The predicted octanol–water partition coefficient (Wildman–Crippen LogP) is 4.58. The molecular weight excluding hydrogens is 295 g/mol. The summed E-state index contributed by atoms with van der Waals surface area (Å²) < 4.78 is 18.5. The summed E-state index contributed by atoms with van der Waals surface area (Å²) in [5.41, 5.74) is 0.984. The molecule has 0 aliphatic carbocycles. The van der Waals surface area contributed by atoms with Gasteiger partial charge in [0.25, 0.3) is 0 Å². The lowest BCUT2D eigenvalue weighted by Gasteiger charge is -2.25. The first-order valence-corrected chi connectivity index (χ1v) is 7.44. The van der Waals surface area contributed by atoms with Gasteiger partial charge in [-0.1, -0.05) is 28.1 Å². The molecule has 0 fully saturated rings. The second kappa shape index (κ2) is 7.25. The Labute approximate surface area is 118 Å². The van der Waals surface area contributed by atoms with Crippen LogP contribution in [0, 0.1) is 11.7 Å². The van der Waals surface area contributed by atoms with Gasteiger partial charge in [0.2, 0.25) is 0 Å². The van der Waals surface area contributed by atoms with Crippen LogP contribution in [0.2, 0.25) is 0 Å². The summed E-state index contributed by atoms with van der Waals surface area (Å²) >= 11 is 3.55. The monoisotopic (exact) mass is 316 g/mol. The standard InChI is InChI=1S/C15H22BrFO/c1-15(2,18-3)8-7-13(11-16)9-12-5-4-6-14(17)10-12/h4-6,10,13H,7-9,11H2,1-3H3. The van der Waals surface area contributed by atoms with E-state index in [9.17, 15) is 4.39 Å². The summed E-state index contributed by atoms with van der Waals surface area (Å²) in [5, 5.41) is 0.934. The van der Waals surface area contributed by atoms with Gasteiger partial charge in [-0.2, -0.15) is 0 Å². The fourth-order valence-corrected chi connectivity index (χ4v) is 2.44. The molecule has 0 saturated heterocycles. The van der Waals surface area contributed by atoms with E-state index in [1.807, 2.05) is 6.07 Å². The van der Waals surface area contributed by atoms with Crippen molar-refractivity contribution in [1.29, 1.82) is 0 Å². The summed E-state index contributed by atoms with van der Waals surface area (Å²) in [4.78, 5) is 0. The minimum Gasteiger partial charge on any atom is -0.379 e. The van der Waals surface area contributed by atoms with Crippen molar-refractivity contribution < 1.29 is 9.13 Å². The van der Waals surface area contributed by atoms with Crippen LogP contribution >= 0.6 is 15.9 Å². The van der Waals surface area contributed by atoms with Gasteiger partial charge in [0, 0.05) is 12.4 Å². The van der Waals surface area contributed by atoms with E-state index in [-0.39, 0.29) is 11.4 Å². The Morgan fingerprint density at radius 3 is 2.67 bits per heavy atom. The van der Waals surface area contributed by atoms with Crippen LogP contribution in [0.5, 0.6) is 0 Å². The highest BCUT2D eigenvalue weighted by atomic mass is 79.9. The van der Waals surface area contributed by atoms with Crippen molar-refractivity contribution in [3.8, 4) is 0 Å².